The van der Waals surface area contributed by atoms with E-state index in [4.69, 9.17) is 4.42 Å². The zero-order valence-corrected chi connectivity index (χ0v) is 16.5. The Hall–Kier alpha value is -2.96. The van der Waals surface area contributed by atoms with Gasteiger partial charge in [0.2, 0.25) is 5.71 Å². The molecular formula is C21H23FN4O2. The van der Waals surface area contributed by atoms with Crippen molar-refractivity contribution >= 4 is 22.8 Å². The second kappa shape index (κ2) is 6.58. The van der Waals surface area contributed by atoms with E-state index in [2.05, 4.69) is 22.2 Å². The number of fused-ring (bicyclic) bond motifs is 1. The molecule has 1 N–H and O–H groups in total. The number of carbonyl (C=O) groups is 1. The minimum Gasteiger partial charge on any atom is -0.442 e. The predicted molar refractivity (Wildman–Crippen MR) is 105 cm³/mol. The predicted octanol–water partition coefficient (Wildman–Crippen LogP) is 4.22. The topological polar surface area (TPSA) is 71.3 Å². The Kier molecular flexibility index (Phi) is 4.33. The van der Waals surface area contributed by atoms with Gasteiger partial charge in [-0.05, 0) is 56.9 Å². The lowest BCUT2D eigenvalue weighted by Gasteiger charge is -2.19. The van der Waals surface area contributed by atoms with Crippen molar-refractivity contribution < 1.29 is 13.6 Å². The molecule has 0 bridgehead atoms. The highest BCUT2D eigenvalue weighted by molar-refractivity contribution is 6.10. The Morgan fingerprint density at radius 2 is 2.07 bits per heavy atom. The number of benzene rings is 1. The third kappa shape index (κ3) is 3.32. The summed E-state index contributed by atoms with van der Waals surface area (Å²) in [5.41, 5.74) is 2.53. The zero-order valence-electron chi connectivity index (χ0n) is 16.5. The Bertz CT molecular complexity index is 1070. The van der Waals surface area contributed by atoms with Crippen molar-refractivity contribution in [1.29, 1.82) is 0 Å². The van der Waals surface area contributed by atoms with Gasteiger partial charge < -0.3 is 14.6 Å². The Labute approximate surface area is 162 Å². The molecule has 1 amide bonds. The third-order valence-electron chi connectivity index (χ3n) is 5.36. The normalized spacial score (nSPS) is 14.9. The molecule has 1 aromatic carbocycles. The van der Waals surface area contributed by atoms with E-state index in [1.807, 2.05) is 6.92 Å². The first-order chi connectivity index (χ1) is 13.3. The van der Waals surface area contributed by atoms with Gasteiger partial charge in [-0.2, -0.15) is 0 Å². The molecule has 4 rings (SSSR count). The van der Waals surface area contributed by atoms with Gasteiger partial charge in [-0.15, -0.1) is 0 Å². The molecule has 1 saturated carbocycles. The fourth-order valence-electron chi connectivity index (χ4n) is 3.32. The number of aromatic nitrogens is 2. The first-order valence-corrected chi connectivity index (χ1v) is 9.30. The average molecular weight is 382 g/mol. The molecule has 0 spiro atoms. The molecule has 7 heteroatoms. The van der Waals surface area contributed by atoms with Crippen molar-refractivity contribution in [3.63, 3.8) is 0 Å². The highest BCUT2D eigenvalue weighted by Gasteiger charge is 2.38. The van der Waals surface area contributed by atoms with Crippen LogP contribution >= 0.6 is 0 Å². The number of anilines is 1. The van der Waals surface area contributed by atoms with Crippen LogP contribution in [0.1, 0.15) is 47.0 Å². The molecule has 0 unspecified atom stereocenters. The lowest BCUT2D eigenvalue weighted by Crippen LogP contribution is -2.27. The average Bonchev–Trinajstić information content (AvgIpc) is 3.26. The van der Waals surface area contributed by atoms with Crippen LogP contribution in [0.3, 0.4) is 0 Å². The number of furan rings is 1. The van der Waals surface area contributed by atoms with Crippen LogP contribution < -0.4 is 5.32 Å². The fourth-order valence-corrected chi connectivity index (χ4v) is 3.32. The highest BCUT2D eigenvalue weighted by atomic mass is 19.1. The van der Waals surface area contributed by atoms with Crippen molar-refractivity contribution in [3.05, 3.63) is 52.8 Å². The maximum Gasteiger partial charge on any atom is 0.258 e. The van der Waals surface area contributed by atoms with Crippen LogP contribution in [-0.2, 0) is 6.54 Å². The second-order valence-electron chi connectivity index (χ2n) is 7.85. The summed E-state index contributed by atoms with van der Waals surface area (Å²) in [5.74, 6) is 0.579. The van der Waals surface area contributed by atoms with Gasteiger partial charge in [0.15, 0.2) is 0 Å². The number of hydrogen-bond acceptors (Lipinski definition) is 5. The third-order valence-corrected chi connectivity index (χ3v) is 5.36. The number of aryl methyl sites for hydroxylation is 2. The van der Waals surface area contributed by atoms with E-state index in [9.17, 15) is 9.18 Å². The van der Waals surface area contributed by atoms with Crippen LogP contribution in [0.25, 0.3) is 11.1 Å². The summed E-state index contributed by atoms with van der Waals surface area (Å²) in [4.78, 5) is 23.4. The van der Waals surface area contributed by atoms with Crippen LogP contribution in [0.4, 0.5) is 10.2 Å². The number of amides is 1. The Morgan fingerprint density at radius 3 is 2.79 bits per heavy atom. The van der Waals surface area contributed by atoms with Gasteiger partial charge >= 0.3 is 0 Å². The van der Waals surface area contributed by atoms with Crippen molar-refractivity contribution in [3.8, 4) is 0 Å². The van der Waals surface area contributed by atoms with Crippen molar-refractivity contribution in [1.82, 2.24) is 14.9 Å². The Balaban J connectivity index is 1.70. The number of carbonyl (C=O) groups excluding carboxylic acids is 1. The van der Waals surface area contributed by atoms with E-state index in [0.717, 1.165) is 24.0 Å². The lowest BCUT2D eigenvalue weighted by molar-refractivity contribution is 0.0784. The van der Waals surface area contributed by atoms with Gasteiger partial charge in [0, 0.05) is 19.1 Å². The molecule has 1 aliphatic rings. The molecule has 2 aromatic heterocycles. The standard InChI is InChI=1S/C21H23FN4O2/c1-12-5-6-15(22)9-14(12)10-26(4)20(27)16-13(2)28-19-17(16)18(23-11-24-19)25-21(3)7-8-21/h5-6,9,11H,7-8,10H2,1-4H3,(H,23,24,25). The summed E-state index contributed by atoms with van der Waals surface area (Å²) >= 11 is 0. The smallest absolute Gasteiger partial charge is 0.258 e. The summed E-state index contributed by atoms with van der Waals surface area (Å²) in [6.07, 6.45) is 3.54. The quantitative estimate of drug-likeness (QED) is 0.716. The van der Waals surface area contributed by atoms with Crippen LogP contribution in [0.2, 0.25) is 0 Å². The largest absolute Gasteiger partial charge is 0.442 e. The van der Waals surface area contributed by atoms with E-state index in [-0.39, 0.29) is 17.3 Å². The lowest BCUT2D eigenvalue weighted by atomic mass is 10.1. The van der Waals surface area contributed by atoms with Gasteiger partial charge in [0.1, 0.15) is 23.7 Å². The monoisotopic (exact) mass is 382 g/mol. The fraction of sp³-hybridized carbons (Fsp3) is 0.381. The summed E-state index contributed by atoms with van der Waals surface area (Å²) in [6, 6.07) is 4.60. The number of nitrogens with one attached hydrogen (secondary N) is 1. The van der Waals surface area contributed by atoms with Crippen LogP contribution in [0, 0.1) is 19.7 Å². The van der Waals surface area contributed by atoms with Gasteiger partial charge in [0.25, 0.3) is 5.91 Å². The van der Waals surface area contributed by atoms with Gasteiger partial charge in [-0.25, -0.2) is 14.4 Å². The molecule has 28 heavy (non-hydrogen) atoms. The highest BCUT2D eigenvalue weighted by Crippen LogP contribution is 2.40. The van der Waals surface area contributed by atoms with Gasteiger partial charge in [-0.1, -0.05) is 6.07 Å². The van der Waals surface area contributed by atoms with Crippen molar-refractivity contribution in [2.45, 2.75) is 45.7 Å². The first kappa shape index (κ1) is 18.4. The maximum absolute atomic E-state index is 13.6. The van der Waals surface area contributed by atoms with Crippen LogP contribution in [0.15, 0.2) is 28.9 Å². The van der Waals surface area contributed by atoms with Crippen LogP contribution in [-0.4, -0.2) is 33.4 Å². The summed E-state index contributed by atoms with van der Waals surface area (Å²) in [5, 5.41) is 4.02. The van der Waals surface area contributed by atoms with Crippen LogP contribution in [0.5, 0.6) is 0 Å². The number of halogens is 1. The van der Waals surface area contributed by atoms with E-state index >= 15 is 0 Å². The van der Waals surface area contributed by atoms with E-state index in [1.165, 1.54) is 18.5 Å². The summed E-state index contributed by atoms with van der Waals surface area (Å²) < 4.78 is 19.4. The first-order valence-electron chi connectivity index (χ1n) is 9.30. The van der Waals surface area contributed by atoms with Gasteiger partial charge in [0.05, 0.1) is 10.9 Å². The number of hydrogen-bond donors (Lipinski definition) is 1. The van der Waals surface area contributed by atoms with E-state index in [0.29, 0.717) is 34.8 Å². The molecule has 1 fully saturated rings. The summed E-state index contributed by atoms with van der Waals surface area (Å²) in [7, 11) is 1.70. The molecular weight excluding hydrogens is 359 g/mol. The zero-order chi connectivity index (χ0) is 20.1. The molecule has 1 aliphatic carbocycles. The second-order valence-corrected chi connectivity index (χ2v) is 7.85. The molecule has 0 aliphatic heterocycles. The number of rotatable bonds is 5. The molecule has 146 valence electrons. The minimum atomic E-state index is -0.316. The molecule has 3 aromatic rings. The molecule has 6 nitrogen and oxygen atoms in total. The molecule has 0 radical (unpaired) electrons. The van der Waals surface area contributed by atoms with Crippen molar-refractivity contribution in [2.24, 2.45) is 0 Å². The Morgan fingerprint density at radius 1 is 1.32 bits per heavy atom. The number of nitrogens with zero attached hydrogens (tertiary/aromatic N) is 3. The molecule has 0 saturated heterocycles. The van der Waals surface area contributed by atoms with E-state index < -0.39 is 0 Å². The summed E-state index contributed by atoms with van der Waals surface area (Å²) in [6.45, 7) is 6.06. The molecule has 0 atom stereocenters. The SMILES string of the molecule is Cc1ccc(F)cc1CN(C)C(=O)c1c(C)oc2ncnc(NC3(C)CC3)c12. The maximum atomic E-state index is 13.6. The van der Waals surface area contributed by atoms with E-state index in [1.54, 1.807) is 24.9 Å². The van der Waals surface area contributed by atoms with Gasteiger partial charge in [-0.3, -0.25) is 4.79 Å². The van der Waals surface area contributed by atoms with Crippen molar-refractivity contribution in [2.75, 3.05) is 12.4 Å². The molecule has 2 heterocycles. The minimum absolute atomic E-state index is 0.00262.